The molecule has 20 heavy (non-hydrogen) atoms. The van der Waals surface area contributed by atoms with E-state index in [4.69, 9.17) is 5.73 Å². The van der Waals surface area contributed by atoms with Gasteiger partial charge in [-0.05, 0) is 57.1 Å². The highest BCUT2D eigenvalue weighted by Crippen LogP contribution is 2.21. The first kappa shape index (κ1) is 15.0. The van der Waals surface area contributed by atoms with Gasteiger partial charge in [0.05, 0.1) is 4.90 Å². The van der Waals surface area contributed by atoms with Crippen LogP contribution in [0.1, 0.15) is 30.1 Å². The van der Waals surface area contributed by atoms with E-state index in [1.165, 1.54) is 24.3 Å². The molecule has 0 radical (unpaired) electrons. The minimum atomic E-state index is -3.59. The average molecular weight is 297 g/mol. The van der Waals surface area contributed by atoms with Crippen molar-refractivity contribution in [2.75, 3.05) is 13.1 Å². The highest BCUT2D eigenvalue weighted by atomic mass is 32.2. The molecule has 0 atom stereocenters. The van der Waals surface area contributed by atoms with Gasteiger partial charge < -0.3 is 11.1 Å². The number of nitrogens with one attached hydrogen (secondary N) is 2. The Balaban J connectivity index is 2.19. The van der Waals surface area contributed by atoms with Crippen LogP contribution in [0.4, 0.5) is 0 Å². The van der Waals surface area contributed by atoms with Gasteiger partial charge in [0.1, 0.15) is 0 Å². The van der Waals surface area contributed by atoms with Gasteiger partial charge in [-0.1, -0.05) is 0 Å². The van der Waals surface area contributed by atoms with E-state index in [-0.39, 0.29) is 10.5 Å². The first-order chi connectivity index (χ1) is 9.32. The van der Waals surface area contributed by atoms with Crippen LogP contribution in [0.25, 0.3) is 0 Å². The van der Waals surface area contributed by atoms with Crippen molar-refractivity contribution in [1.29, 1.82) is 0 Å². The van der Waals surface area contributed by atoms with Crippen LogP contribution in [0, 0.1) is 0 Å². The summed E-state index contributed by atoms with van der Waals surface area (Å²) in [7, 11) is -3.59. The molecule has 0 bridgehead atoms. The van der Waals surface area contributed by atoms with Crippen LogP contribution >= 0.6 is 0 Å². The number of primary amides is 1. The number of sulfonamides is 1. The third-order valence-corrected chi connectivity index (χ3v) is 5.19. The second-order valence-electron chi connectivity index (χ2n) is 5.30. The number of rotatable bonds is 4. The largest absolute Gasteiger partial charge is 0.366 e. The van der Waals surface area contributed by atoms with Crippen molar-refractivity contribution in [2.45, 2.75) is 30.2 Å². The van der Waals surface area contributed by atoms with Gasteiger partial charge in [0.2, 0.25) is 15.9 Å². The molecular formula is C13H19N3O3S. The third kappa shape index (κ3) is 3.36. The second kappa shape index (κ2) is 5.51. The number of carbonyl (C=O) groups excluding carboxylic acids is 1. The molecule has 110 valence electrons. The van der Waals surface area contributed by atoms with Crippen molar-refractivity contribution < 1.29 is 13.2 Å². The van der Waals surface area contributed by atoms with Crippen molar-refractivity contribution in [3.63, 3.8) is 0 Å². The highest BCUT2D eigenvalue weighted by Gasteiger charge is 2.31. The smallest absolute Gasteiger partial charge is 0.248 e. The van der Waals surface area contributed by atoms with Gasteiger partial charge in [0.15, 0.2) is 0 Å². The predicted molar refractivity (Wildman–Crippen MR) is 75.8 cm³/mol. The van der Waals surface area contributed by atoms with Gasteiger partial charge in [-0.2, -0.15) is 0 Å². The molecule has 4 N–H and O–H groups in total. The van der Waals surface area contributed by atoms with E-state index in [0.29, 0.717) is 0 Å². The Morgan fingerprint density at radius 3 is 2.30 bits per heavy atom. The zero-order valence-corrected chi connectivity index (χ0v) is 12.2. The van der Waals surface area contributed by atoms with Gasteiger partial charge in [0.25, 0.3) is 0 Å². The minimum Gasteiger partial charge on any atom is -0.366 e. The molecule has 1 saturated heterocycles. The van der Waals surface area contributed by atoms with Crippen LogP contribution in [0.2, 0.25) is 0 Å². The van der Waals surface area contributed by atoms with Crippen LogP contribution in [-0.2, 0) is 10.0 Å². The Kier molecular flexibility index (Phi) is 4.12. The van der Waals surface area contributed by atoms with Gasteiger partial charge in [0, 0.05) is 11.1 Å². The Bertz CT molecular complexity index is 590. The van der Waals surface area contributed by atoms with Crippen molar-refractivity contribution in [3.05, 3.63) is 29.8 Å². The number of hydrogen-bond donors (Lipinski definition) is 3. The van der Waals surface area contributed by atoms with Crippen LogP contribution < -0.4 is 15.8 Å². The standard InChI is InChI=1S/C13H19N3O3S/c1-13(6-8-15-9-7-13)16-20(18,19)11-4-2-10(3-5-11)12(14)17/h2-5,15-16H,6-9H2,1H3,(H2,14,17). The molecule has 0 unspecified atom stereocenters. The van der Waals surface area contributed by atoms with Crippen molar-refractivity contribution in [1.82, 2.24) is 10.0 Å². The predicted octanol–water partition coefficient (Wildman–Crippen LogP) is 0.206. The maximum absolute atomic E-state index is 12.3. The van der Waals surface area contributed by atoms with E-state index in [2.05, 4.69) is 10.0 Å². The SMILES string of the molecule is CC1(NS(=O)(=O)c2ccc(C(N)=O)cc2)CCNCC1. The zero-order chi connectivity index (χ0) is 14.8. The number of nitrogens with two attached hydrogens (primary N) is 1. The molecule has 0 saturated carbocycles. The summed E-state index contributed by atoms with van der Waals surface area (Å²) < 4.78 is 27.4. The van der Waals surface area contributed by atoms with Gasteiger partial charge in [-0.25, -0.2) is 13.1 Å². The average Bonchev–Trinajstić information content (AvgIpc) is 2.38. The molecule has 1 aliphatic rings. The van der Waals surface area contributed by atoms with Crippen molar-refractivity contribution in [3.8, 4) is 0 Å². The summed E-state index contributed by atoms with van der Waals surface area (Å²) in [6, 6.07) is 5.63. The summed E-state index contributed by atoms with van der Waals surface area (Å²) in [6.07, 6.45) is 1.48. The van der Waals surface area contributed by atoms with E-state index in [0.717, 1.165) is 25.9 Å². The monoisotopic (exact) mass is 297 g/mol. The van der Waals surface area contributed by atoms with Crippen molar-refractivity contribution >= 4 is 15.9 Å². The Morgan fingerprint density at radius 1 is 1.25 bits per heavy atom. The molecule has 1 heterocycles. The quantitative estimate of drug-likeness (QED) is 0.739. The Labute approximate surface area is 118 Å². The molecule has 0 spiro atoms. The Hall–Kier alpha value is -1.44. The fourth-order valence-electron chi connectivity index (χ4n) is 2.26. The summed E-state index contributed by atoms with van der Waals surface area (Å²) in [5.74, 6) is -0.577. The summed E-state index contributed by atoms with van der Waals surface area (Å²) in [4.78, 5) is 11.1. The number of benzene rings is 1. The third-order valence-electron chi connectivity index (χ3n) is 3.54. The number of carbonyl (C=O) groups is 1. The molecule has 1 aromatic rings. The second-order valence-corrected chi connectivity index (χ2v) is 6.99. The molecular weight excluding hydrogens is 278 g/mol. The fourth-order valence-corrected chi connectivity index (χ4v) is 3.73. The molecule has 7 heteroatoms. The molecule has 0 aliphatic carbocycles. The summed E-state index contributed by atoms with van der Waals surface area (Å²) >= 11 is 0. The molecule has 0 aromatic heterocycles. The minimum absolute atomic E-state index is 0.141. The zero-order valence-electron chi connectivity index (χ0n) is 11.3. The molecule has 2 rings (SSSR count). The maximum Gasteiger partial charge on any atom is 0.248 e. The number of amides is 1. The lowest BCUT2D eigenvalue weighted by Crippen LogP contribution is -2.52. The first-order valence-electron chi connectivity index (χ1n) is 6.47. The normalized spacial score (nSPS) is 18.6. The summed E-state index contributed by atoms with van der Waals surface area (Å²) in [5, 5.41) is 3.20. The topological polar surface area (TPSA) is 101 Å². The van der Waals surface area contributed by atoms with Crippen LogP contribution in [0.5, 0.6) is 0 Å². The van der Waals surface area contributed by atoms with Gasteiger partial charge in [-0.15, -0.1) is 0 Å². The van der Waals surface area contributed by atoms with Crippen LogP contribution in [0.15, 0.2) is 29.2 Å². The lowest BCUT2D eigenvalue weighted by Gasteiger charge is -2.34. The van der Waals surface area contributed by atoms with Gasteiger partial charge in [-0.3, -0.25) is 4.79 Å². The van der Waals surface area contributed by atoms with E-state index in [1.54, 1.807) is 0 Å². The lowest BCUT2D eigenvalue weighted by atomic mass is 9.92. The van der Waals surface area contributed by atoms with Crippen LogP contribution in [0.3, 0.4) is 0 Å². The lowest BCUT2D eigenvalue weighted by molar-refractivity contribution is 0.1000. The van der Waals surface area contributed by atoms with Gasteiger partial charge >= 0.3 is 0 Å². The number of hydrogen-bond acceptors (Lipinski definition) is 4. The molecule has 1 aromatic carbocycles. The molecule has 1 aliphatic heterocycles. The van der Waals surface area contributed by atoms with Crippen molar-refractivity contribution in [2.24, 2.45) is 5.73 Å². The first-order valence-corrected chi connectivity index (χ1v) is 7.95. The van der Waals surface area contributed by atoms with Crippen LogP contribution in [-0.4, -0.2) is 33.0 Å². The molecule has 1 fully saturated rings. The summed E-state index contributed by atoms with van der Waals surface area (Å²) in [5.41, 5.74) is 4.98. The van der Waals surface area contributed by atoms with E-state index in [9.17, 15) is 13.2 Å². The Morgan fingerprint density at radius 2 is 1.80 bits per heavy atom. The fraction of sp³-hybridized carbons (Fsp3) is 0.462. The summed E-state index contributed by atoms with van der Waals surface area (Å²) in [6.45, 7) is 3.49. The number of piperidine rings is 1. The maximum atomic E-state index is 12.3. The van der Waals surface area contributed by atoms with E-state index >= 15 is 0 Å². The molecule has 6 nitrogen and oxygen atoms in total. The molecule has 1 amide bonds. The van der Waals surface area contributed by atoms with E-state index < -0.39 is 21.5 Å². The highest BCUT2D eigenvalue weighted by molar-refractivity contribution is 7.89. The van der Waals surface area contributed by atoms with E-state index in [1.807, 2.05) is 6.92 Å².